The Balaban J connectivity index is 1.23. The van der Waals surface area contributed by atoms with Crippen LogP contribution in [-0.2, 0) is 6.42 Å². The summed E-state index contributed by atoms with van der Waals surface area (Å²) in [5.74, 6) is 1.37. The van der Waals surface area contributed by atoms with Gasteiger partial charge in [-0.2, -0.15) is 10.2 Å². The van der Waals surface area contributed by atoms with Gasteiger partial charge in [-0.3, -0.25) is 0 Å². The number of allylic oxidation sites excluding steroid dienone is 1. The SMILES string of the molecule is CN1CCN(c2ccc(Nc3ncc4c(n3)C3=C(C4)N=NCC34CCCCC4)nc2)CC1. The summed E-state index contributed by atoms with van der Waals surface area (Å²) in [4.78, 5) is 18.9. The van der Waals surface area contributed by atoms with Crippen LogP contribution < -0.4 is 10.2 Å². The van der Waals surface area contributed by atoms with Crippen LogP contribution in [0.3, 0.4) is 0 Å². The Morgan fingerprint density at radius 2 is 1.81 bits per heavy atom. The molecule has 0 atom stereocenters. The molecule has 8 nitrogen and oxygen atoms in total. The van der Waals surface area contributed by atoms with Crippen LogP contribution in [0.5, 0.6) is 0 Å². The Morgan fingerprint density at radius 3 is 2.59 bits per heavy atom. The number of rotatable bonds is 3. The van der Waals surface area contributed by atoms with Gasteiger partial charge in [0.2, 0.25) is 5.95 Å². The van der Waals surface area contributed by atoms with E-state index in [0.717, 1.165) is 56.4 Å². The van der Waals surface area contributed by atoms with E-state index in [1.54, 1.807) is 0 Å². The van der Waals surface area contributed by atoms with Gasteiger partial charge in [0.1, 0.15) is 5.82 Å². The molecule has 0 amide bonds. The highest BCUT2D eigenvalue weighted by Gasteiger charge is 2.44. The van der Waals surface area contributed by atoms with Gasteiger partial charge in [0.15, 0.2) is 0 Å². The van der Waals surface area contributed by atoms with Crippen molar-refractivity contribution in [3.8, 4) is 0 Å². The molecule has 2 aromatic rings. The molecule has 0 unspecified atom stereocenters. The molecule has 4 heterocycles. The van der Waals surface area contributed by atoms with E-state index >= 15 is 0 Å². The maximum atomic E-state index is 4.97. The first-order valence-corrected chi connectivity index (χ1v) is 11.8. The molecule has 0 radical (unpaired) electrons. The number of hydrogen-bond acceptors (Lipinski definition) is 8. The molecular formula is C24H30N8. The quantitative estimate of drug-likeness (QED) is 0.791. The van der Waals surface area contributed by atoms with Gasteiger partial charge in [-0.15, -0.1) is 0 Å². The molecule has 32 heavy (non-hydrogen) atoms. The van der Waals surface area contributed by atoms with Crippen molar-refractivity contribution in [3.05, 3.63) is 41.5 Å². The summed E-state index contributed by atoms with van der Waals surface area (Å²) in [6, 6.07) is 4.15. The third-order valence-corrected chi connectivity index (χ3v) is 7.51. The van der Waals surface area contributed by atoms with E-state index in [4.69, 9.17) is 4.98 Å². The van der Waals surface area contributed by atoms with Crippen molar-refractivity contribution in [1.29, 1.82) is 0 Å². The van der Waals surface area contributed by atoms with Gasteiger partial charge in [0.05, 0.1) is 29.8 Å². The molecule has 166 valence electrons. The van der Waals surface area contributed by atoms with Gasteiger partial charge < -0.3 is 15.1 Å². The monoisotopic (exact) mass is 430 g/mol. The van der Waals surface area contributed by atoms with Crippen LogP contribution in [-0.4, -0.2) is 59.6 Å². The standard InChI is InChI=1S/C24H30N8/c1-31-9-11-32(12-10-31)18-5-6-20(25-15-18)28-23-26-14-17-13-19-21(22(17)29-23)24(16-27-30-19)7-3-2-4-8-24/h5-6,14-15H,2-4,7-13,16H2,1H3,(H,25,26,28,29). The number of anilines is 3. The van der Waals surface area contributed by atoms with Crippen LogP contribution in [0.25, 0.3) is 5.57 Å². The van der Waals surface area contributed by atoms with E-state index < -0.39 is 0 Å². The molecule has 8 heteroatoms. The molecule has 6 rings (SSSR count). The number of likely N-dealkylation sites (N-methyl/N-ethyl adjacent to an activating group) is 1. The fourth-order valence-electron chi connectivity index (χ4n) is 5.66. The number of fused-ring (bicyclic) bond motifs is 3. The maximum absolute atomic E-state index is 4.97. The van der Waals surface area contributed by atoms with E-state index in [2.05, 4.69) is 48.4 Å². The Labute approximate surface area is 188 Å². The lowest BCUT2D eigenvalue weighted by atomic mass is 9.68. The highest BCUT2D eigenvalue weighted by Crippen LogP contribution is 2.53. The van der Waals surface area contributed by atoms with E-state index in [9.17, 15) is 0 Å². The summed E-state index contributed by atoms with van der Waals surface area (Å²) < 4.78 is 0. The van der Waals surface area contributed by atoms with Crippen molar-refractivity contribution < 1.29 is 0 Å². The summed E-state index contributed by atoms with van der Waals surface area (Å²) in [5.41, 5.74) is 5.98. The number of hydrogen-bond donors (Lipinski definition) is 1. The van der Waals surface area contributed by atoms with Crippen LogP contribution in [0.2, 0.25) is 0 Å². The van der Waals surface area contributed by atoms with Crippen LogP contribution in [0.15, 0.2) is 40.5 Å². The summed E-state index contributed by atoms with van der Waals surface area (Å²) in [5, 5.41) is 12.4. The molecule has 2 aromatic heterocycles. The van der Waals surface area contributed by atoms with Crippen molar-refractivity contribution in [1.82, 2.24) is 19.9 Å². The maximum Gasteiger partial charge on any atom is 0.228 e. The normalized spacial score (nSPS) is 22.2. The molecule has 1 N–H and O–H groups in total. The van der Waals surface area contributed by atoms with E-state index in [1.807, 2.05) is 18.5 Å². The zero-order chi connectivity index (χ0) is 21.5. The molecule has 2 fully saturated rings. The predicted octanol–water partition coefficient (Wildman–Crippen LogP) is 4.05. The first-order chi connectivity index (χ1) is 15.7. The van der Waals surface area contributed by atoms with Crippen LogP contribution in [0, 0.1) is 5.41 Å². The molecule has 4 aliphatic rings. The summed E-state index contributed by atoms with van der Waals surface area (Å²) in [6.45, 7) is 5.04. The van der Waals surface area contributed by atoms with Gasteiger partial charge in [0.25, 0.3) is 0 Å². The second-order valence-corrected chi connectivity index (χ2v) is 9.62. The third-order valence-electron chi connectivity index (χ3n) is 7.51. The average molecular weight is 431 g/mol. The Kier molecular flexibility index (Phi) is 4.90. The summed E-state index contributed by atoms with van der Waals surface area (Å²) >= 11 is 0. The third kappa shape index (κ3) is 3.46. The van der Waals surface area contributed by atoms with Crippen molar-refractivity contribution in [3.63, 3.8) is 0 Å². The fourth-order valence-corrected chi connectivity index (χ4v) is 5.66. The number of piperazine rings is 1. The molecule has 1 spiro atoms. The fraction of sp³-hybridized carbons (Fsp3) is 0.542. The minimum absolute atomic E-state index is 0.120. The smallest absolute Gasteiger partial charge is 0.228 e. The van der Waals surface area contributed by atoms with Gasteiger partial charge in [-0.25, -0.2) is 15.0 Å². The Morgan fingerprint density at radius 1 is 0.969 bits per heavy atom. The second kappa shape index (κ2) is 7.92. The minimum atomic E-state index is 0.120. The molecule has 1 saturated heterocycles. The van der Waals surface area contributed by atoms with Gasteiger partial charge >= 0.3 is 0 Å². The van der Waals surface area contributed by atoms with Gasteiger partial charge in [-0.1, -0.05) is 19.3 Å². The highest BCUT2D eigenvalue weighted by atomic mass is 15.3. The molecular weight excluding hydrogens is 400 g/mol. The van der Waals surface area contributed by atoms with Crippen molar-refractivity contribution in [2.24, 2.45) is 15.6 Å². The molecule has 0 aromatic carbocycles. The first kappa shape index (κ1) is 19.8. The van der Waals surface area contributed by atoms with Crippen molar-refractivity contribution in [2.45, 2.75) is 38.5 Å². The number of aromatic nitrogens is 3. The number of nitrogens with zero attached hydrogens (tertiary/aromatic N) is 7. The predicted molar refractivity (Wildman–Crippen MR) is 125 cm³/mol. The van der Waals surface area contributed by atoms with E-state index in [1.165, 1.54) is 48.9 Å². The zero-order valence-electron chi connectivity index (χ0n) is 18.7. The van der Waals surface area contributed by atoms with Crippen molar-refractivity contribution >= 4 is 23.0 Å². The van der Waals surface area contributed by atoms with Crippen LogP contribution in [0.1, 0.15) is 43.4 Å². The number of nitrogens with one attached hydrogen (secondary N) is 1. The molecule has 2 aliphatic heterocycles. The van der Waals surface area contributed by atoms with Crippen LogP contribution in [0.4, 0.5) is 17.5 Å². The van der Waals surface area contributed by atoms with Gasteiger partial charge in [-0.05, 0) is 32.0 Å². The average Bonchev–Trinajstić information content (AvgIpc) is 3.20. The largest absolute Gasteiger partial charge is 0.368 e. The Bertz CT molecular complexity index is 1060. The second-order valence-electron chi connectivity index (χ2n) is 9.62. The lowest BCUT2D eigenvalue weighted by Crippen LogP contribution is -2.44. The minimum Gasteiger partial charge on any atom is -0.368 e. The van der Waals surface area contributed by atoms with E-state index in [0.29, 0.717) is 5.95 Å². The molecule has 0 bridgehead atoms. The van der Waals surface area contributed by atoms with E-state index in [-0.39, 0.29) is 5.41 Å². The lowest BCUT2D eigenvalue weighted by Gasteiger charge is -2.38. The van der Waals surface area contributed by atoms with Crippen molar-refractivity contribution in [2.75, 3.05) is 50.0 Å². The molecule has 1 saturated carbocycles. The summed E-state index contributed by atoms with van der Waals surface area (Å²) in [7, 11) is 2.17. The Hall–Kier alpha value is -2.87. The van der Waals surface area contributed by atoms with Gasteiger partial charge in [0, 0.05) is 55.3 Å². The van der Waals surface area contributed by atoms with Crippen LogP contribution >= 0.6 is 0 Å². The molecule has 2 aliphatic carbocycles. The topological polar surface area (TPSA) is 81.9 Å². The number of pyridine rings is 1. The highest BCUT2D eigenvalue weighted by molar-refractivity contribution is 5.79. The zero-order valence-corrected chi connectivity index (χ0v) is 18.7. The summed E-state index contributed by atoms with van der Waals surface area (Å²) in [6.07, 6.45) is 10.9. The lowest BCUT2D eigenvalue weighted by molar-refractivity contribution is 0.271. The first-order valence-electron chi connectivity index (χ1n) is 11.8. The number of azo groups is 1.